The van der Waals surface area contributed by atoms with Crippen LogP contribution in [0.2, 0.25) is 0 Å². The zero-order chi connectivity index (χ0) is 13.8. The van der Waals surface area contributed by atoms with Gasteiger partial charge in [0.25, 0.3) is 0 Å². The first-order valence-corrected chi connectivity index (χ1v) is 5.99. The number of rotatable bonds is 5. The Labute approximate surface area is 104 Å². The lowest BCUT2D eigenvalue weighted by Gasteiger charge is -2.16. The Morgan fingerprint density at radius 3 is 2.28 bits per heavy atom. The van der Waals surface area contributed by atoms with Crippen molar-refractivity contribution in [3.8, 4) is 0 Å². The van der Waals surface area contributed by atoms with Crippen molar-refractivity contribution in [2.45, 2.75) is 32.9 Å². The van der Waals surface area contributed by atoms with Crippen molar-refractivity contribution in [3.63, 3.8) is 0 Å². The molecule has 0 saturated heterocycles. The summed E-state index contributed by atoms with van der Waals surface area (Å²) in [5, 5.41) is 2.92. The van der Waals surface area contributed by atoms with Gasteiger partial charge in [-0.15, -0.1) is 0 Å². The van der Waals surface area contributed by atoms with Gasteiger partial charge in [0.05, 0.1) is 5.56 Å². The summed E-state index contributed by atoms with van der Waals surface area (Å²) in [6.07, 6.45) is -2.75. The molecule has 1 N–H and O–H groups in total. The summed E-state index contributed by atoms with van der Waals surface area (Å²) in [4.78, 5) is 0. The molecule has 0 spiro atoms. The number of hydrogen-bond acceptors (Lipinski definition) is 1. The van der Waals surface area contributed by atoms with Gasteiger partial charge in [0, 0.05) is 12.2 Å². The second-order valence-electron chi connectivity index (χ2n) is 4.26. The van der Waals surface area contributed by atoms with E-state index in [1.54, 1.807) is 0 Å². The number of hydrogen-bond donors (Lipinski definition) is 1. The molecule has 1 aromatic carbocycles. The summed E-state index contributed by atoms with van der Waals surface area (Å²) in [6, 6.07) is 2.99. The van der Waals surface area contributed by atoms with Crippen molar-refractivity contribution in [1.29, 1.82) is 0 Å². The summed E-state index contributed by atoms with van der Waals surface area (Å²) in [5.41, 5.74) is -0.923. The molecule has 0 unspecified atom stereocenters. The third-order valence-electron chi connectivity index (χ3n) is 3.02. The summed E-state index contributed by atoms with van der Waals surface area (Å²) in [5.74, 6) is -0.833. The van der Waals surface area contributed by atoms with Gasteiger partial charge in [-0.25, -0.2) is 4.39 Å². The number of alkyl halides is 3. The molecule has 1 aromatic rings. The Bertz CT molecular complexity index is 383. The summed E-state index contributed by atoms with van der Waals surface area (Å²) in [6.45, 7) is 4.65. The van der Waals surface area contributed by atoms with Gasteiger partial charge in [0.15, 0.2) is 0 Å². The third kappa shape index (κ3) is 3.89. The molecule has 0 aromatic heterocycles. The Kier molecular flexibility index (Phi) is 4.99. The number of anilines is 1. The Morgan fingerprint density at radius 2 is 1.78 bits per heavy atom. The van der Waals surface area contributed by atoms with Crippen molar-refractivity contribution in [2.75, 3.05) is 11.9 Å². The third-order valence-corrected chi connectivity index (χ3v) is 3.02. The van der Waals surface area contributed by atoms with Crippen LogP contribution >= 0.6 is 0 Å². The van der Waals surface area contributed by atoms with Gasteiger partial charge in [-0.3, -0.25) is 0 Å². The first-order chi connectivity index (χ1) is 8.38. The van der Waals surface area contributed by atoms with Gasteiger partial charge in [0.1, 0.15) is 5.82 Å². The highest BCUT2D eigenvalue weighted by atomic mass is 19.4. The fraction of sp³-hybridized carbons (Fsp3) is 0.538. The van der Waals surface area contributed by atoms with Crippen LogP contribution in [0, 0.1) is 11.7 Å². The second-order valence-corrected chi connectivity index (χ2v) is 4.26. The predicted octanol–water partition coefficient (Wildman–Crippen LogP) is 4.69. The average Bonchev–Trinajstić information content (AvgIpc) is 2.31. The molecule has 18 heavy (non-hydrogen) atoms. The molecule has 5 heteroatoms. The molecule has 0 aliphatic rings. The molecular weight excluding hydrogens is 246 g/mol. The highest BCUT2D eigenvalue weighted by Gasteiger charge is 2.34. The van der Waals surface area contributed by atoms with Crippen LogP contribution < -0.4 is 5.32 Å². The first kappa shape index (κ1) is 14.8. The summed E-state index contributed by atoms with van der Waals surface area (Å²) < 4.78 is 50.5. The van der Waals surface area contributed by atoms with Crippen LogP contribution in [0.3, 0.4) is 0 Å². The fourth-order valence-electron chi connectivity index (χ4n) is 1.69. The second kappa shape index (κ2) is 6.07. The average molecular weight is 263 g/mol. The van der Waals surface area contributed by atoms with Gasteiger partial charge in [0.2, 0.25) is 0 Å². The lowest BCUT2D eigenvalue weighted by Crippen LogP contribution is -2.14. The fourth-order valence-corrected chi connectivity index (χ4v) is 1.69. The summed E-state index contributed by atoms with van der Waals surface area (Å²) in [7, 11) is 0. The summed E-state index contributed by atoms with van der Waals surface area (Å²) >= 11 is 0. The number of nitrogens with one attached hydrogen (secondary N) is 1. The molecular formula is C13H17F4N. The molecule has 0 aliphatic heterocycles. The molecule has 1 rings (SSSR count). The van der Waals surface area contributed by atoms with E-state index in [0.717, 1.165) is 25.0 Å². The molecule has 0 aliphatic carbocycles. The van der Waals surface area contributed by atoms with E-state index >= 15 is 0 Å². The van der Waals surface area contributed by atoms with Crippen molar-refractivity contribution < 1.29 is 17.6 Å². The molecule has 0 saturated carbocycles. The van der Waals surface area contributed by atoms with Crippen LogP contribution in [-0.2, 0) is 6.18 Å². The minimum Gasteiger partial charge on any atom is -0.385 e. The molecule has 0 atom stereocenters. The Hall–Kier alpha value is -1.26. The lowest BCUT2D eigenvalue weighted by molar-refractivity contribution is -0.139. The molecule has 102 valence electrons. The number of halogens is 4. The van der Waals surface area contributed by atoms with Crippen molar-refractivity contribution in [2.24, 2.45) is 5.92 Å². The molecule has 0 heterocycles. The van der Waals surface area contributed by atoms with Gasteiger partial charge in [-0.2, -0.15) is 13.2 Å². The van der Waals surface area contributed by atoms with Gasteiger partial charge < -0.3 is 5.32 Å². The van der Waals surface area contributed by atoms with E-state index in [9.17, 15) is 17.6 Å². The minimum absolute atomic E-state index is 0.302. The van der Waals surface area contributed by atoms with E-state index in [1.165, 1.54) is 6.07 Å². The van der Waals surface area contributed by atoms with E-state index in [1.807, 2.05) is 13.8 Å². The van der Waals surface area contributed by atoms with Gasteiger partial charge in [-0.05, 0) is 24.1 Å². The van der Waals surface area contributed by atoms with Gasteiger partial charge >= 0.3 is 6.18 Å². The van der Waals surface area contributed by atoms with Gasteiger partial charge in [-0.1, -0.05) is 26.7 Å². The van der Waals surface area contributed by atoms with Crippen LogP contribution in [-0.4, -0.2) is 6.54 Å². The SMILES string of the molecule is CCC(CC)CNc1ccc(F)c(C(F)(F)F)c1. The zero-order valence-corrected chi connectivity index (χ0v) is 10.4. The smallest absolute Gasteiger partial charge is 0.385 e. The lowest BCUT2D eigenvalue weighted by atomic mass is 10.0. The van der Waals surface area contributed by atoms with Crippen molar-refractivity contribution in [1.82, 2.24) is 0 Å². The highest BCUT2D eigenvalue weighted by molar-refractivity contribution is 5.47. The maximum atomic E-state index is 13.0. The number of benzene rings is 1. The molecule has 0 amide bonds. The van der Waals surface area contributed by atoms with E-state index in [0.29, 0.717) is 18.2 Å². The molecule has 0 fully saturated rings. The quantitative estimate of drug-likeness (QED) is 0.760. The molecule has 0 bridgehead atoms. The van der Waals surface area contributed by atoms with Crippen LogP contribution in [0.5, 0.6) is 0 Å². The van der Waals surface area contributed by atoms with E-state index < -0.39 is 17.6 Å². The minimum atomic E-state index is -4.66. The first-order valence-electron chi connectivity index (χ1n) is 5.99. The van der Waals surface area contributed by atoms with E-state index in [2.05, 4.69) is 5.32 Å². The zero-order valence-electron chi connectivity index (χ0n) is 10.4. The van der Waals surface area contributed by atoms with Crippen LogP contribution in [0.25, 0.3) is 0 Å². The van der Waals surface area contributed by atoms with Crippen LogP contribution in [0.15, 0.2) is 18.2 Å². The highest BCUT2D eigenvalue weighted by Crippen LogP contribution is 2.33. The predicted molar refractivity (Wildman–Crippen MR) is 64.0 cm³/mol. The normalized spacial score (nSPS) is 11.9. The Balaban J connectivity index is 2.80. The Morgan fingerprint density at radius 1 is 1.17 bits per heavy atom. The van der Waals surface area contributed by atoms with Crippen LogP contribution in [0.1, 0.15) is 32.3 Å². The monoisotopic (exact) mass is 263 g/mol. The van der Waals surface area contributed by atoms with E-state index in [-0.39, 0.29) is 0 Å². The van der Waals surface area contributed by atoms with Crippen LogP contribution in [0.4, 0.5) is 23.2 Å². The topological polar surface area (TPSA) is 12.0 Å². The van der Waals surface area contributed by atoms with Crippen molar-refractivity contribution >= 4 is 5.69 Å². The standard InChI is InChI=1S/C13H17F4N/c1-3-9(4-2)8-18-10-5-6-12(14)11(7-10)13(15,16)17/h5-7,9,18H,3-4,8H2,1-2H3. The maximum Gasteiger partial charge on any atom is 0.419 e. The van der Waals surface area contributed by atoms with E-state index in [4.69, 9.17) is 0 Å². The molecule has 0 radical (unpaired) electrons. The largest absolute Gasteiger partial charge is 0.419 e. The van der Waals surface area contributed by atoms with Crippen molar-refractivity contribution in [3.05, 3.63) is 29.6 Å². The maximum absolute atomic E-state index is 13.0. The molecule has 1 nitrogen and oxygen atoms in total.